The molecule has 0 aliphatic carbocycles. The first-order valence-corrected chi connectivity index (χ1v) is 12.1. The summed E-state index contributed by atoms with van der Waals surface area (Å²) in [4.78, 5) is 30.9. The minimum Gasteiger partial charge on any atom is -0.458 e. The predicted octanol–water partition coefficient (Wildman–Crippen LogP) is 2.35. The molecule has 0 bridgehead atoms. The van der Waals surface area contributed by atoms with Gasteiger partial charge in [-0.2, -0.15) is 0 Å². The summed E-state index contributed by atoms with van der Waals surface area (Å²) < 4.78 is 18.1. The molecular weight excluding hydrogens is 450 g/mol. The van der Waals surface area contributed by atoms with Crippen LogP contribution < -0.4 is 20.3 Å². The van der Waals surface area contributed by atoms with Crippen LogP contribution in [0.4, 0.5) is 0 Å². The minimum absolute atomic E-state index is 0.109. The Kier molecular flexibility index (Phi) is 5.08. The SMILES string of the molecule is CCCNCCc1c2c(nc3cc4c(cc13)OCO4)-c1cc3c(c(=O)n1C2)COC(=O)C3(O)CC. The number of nitrogens with zero attached hydrogens (tertiary/aromatic N) is 2. The second-order valence-electron chi connectivity index (χ2n) is 9.24. The molecule has 0 radical (unpaired) electrons. The average molecular weight is 478 g/mol. The summed E-state index contributed by atoms with van der Waals surface area (Å²) in [5, 5.41) is 15.6. The number of hydrogen-bond acceptors (Lipinski definition) is 8. The van der Waals surface area contributed by atoms with Gasteiger partial charge in [-0.3, -0.25) is 4.79 Å². The maximum Gasteiger partial charge on any atom is 0.343 e. The van der Waals surface area contributed by atoms with Crippen LogP contribution in [0.3, 0.4) is 0 Å². The second kappa shape index (κ2) is 8.07. The fraction of sp³-hybridized carbons (Fsp3) is 0.423. The number of esters is 1. The van der Waals surface area contributed by atoms with Crippen molar-refractivity contribution in [1.82, 2.24) is 14.9 Å². The van der Waals surface area contributed by atoms with Crippen LogP contribution in [0.1, 0.15) is 48.9 Å². The van der Waals surface area contributed by atoms with E-state index in [4.69, 9.17) is 19.2 Å². The molecule has 0 fully saturated rings. The number of ether oxygens (including phenoxy) is 3. The summed E-state index contributed by atoms with van der Waals surface area (Å²) >= 11 is 0. The Hall–Kier alpha value is -3.43. The molecule has 6 rings (SSSR count). The molecule has 0 saturated heterocycles. The van der Waals surface area contributed by atoms with Gasteiger partial charge < -0.3 is 29.2 Å². The third-order valence-electron chi connectivity index (χ3n) is 7.28. The molecule has 2 aromatic heterocycles. The van der Waals surface area contributed by atoms with Gasteiger partial charge in [0, 0.05) is 22.6 Å². The number of pyridine rings is 2. The molecule has 0 saturated carbocycles. The van der Waals surface area contributed by atoms with Crippen LogP contribution in [-0.2, 0) is 34.7 Å². The Morgan fingerprint density at radius 1 is 1.09 bits per heavy atom. The van der Waals surface area contributed by atoms with E-state index >= 15 is 0 Å². The van der Waals surface area contributed by atoms with Gasteiger partial charge in [0.1, 0.15) is 6.61 Å². The van der Waals surface area contributed by atoms with Crippen molar-refractivity contribution in [2.75, 3.05) is 19.9 Å². The molecule has 35 heavy (non-hydrogen) atoms. The Balaban J connectivity index is 1.57. The highest BCUT2D eigenvalue weighted by molar-refractivity contribution is 5.91. The number of carbonyl (C=O) groups excluding carboxylic acids is 1. The van der Waals surface area contributed by atoms with Crippen molar-refractivity contribution in [3.8, 4) is 22.9 Å². The van der Waals surface area contributed by atoms with E-state index in [1.54, 1.807) is 17.6 Å². The fourth-order valence-electron chi connectivity index (χ4n) is 5.35. The number of aromatic nitrogens is 2. The predicted molar refractivity (Wildman–Crippen MR) is 128 cm³/mol. The van der Waals surface area contributed by atoms with E-state index in [2.05, 4.69) is 12.2 Å². The zero-order valence-corrected chi connectivity index (χ0v) is 19.8. The summed E-state index contributed by atoms with van der Waals surface area (Å²) in [6.07, 6.45) is 1.91. The first-order valence-electron chi connectivity index (χ1n) is 12.1. The highest BCUT2D eigenvalue weighted by Crippen LogP contribution is 2.43. The van der Waals surface area contributed by atoms with Gasteiger partial charge in [-0.25, -0.2) is 9.78 Å². The van der Waals surface area contributed by atoms with Crippen molar-refractivity contribution >= 4 is 16.9 Å². The molecule has 1 atom stereocenters. The van der Waals surface area contributed by atoms with Crippen LogP contribution >= 0.6 is 0 Å². The smallest absolute Gasteiger partial charge is 0.343 e. The molecule has 3 aliphatic rings. The lowest BCUT2D eigenvalue weighted by atomic mass is 9.86. The molecule has 2 N–H and O–H groups in total. The highest BCUT2D eigenvalue weighted by Gasteiger charge is 2.45. The van der Waals surface area contributed by atoms with Gasteiger partial charge >= 0.3 is 5.97 Å². The molecule has 3 aromatic rings. The summed E-state index contributed by atoms with van der Waals surface area (Å²) in [5.41, 5.74) is 2.66. The largest absolute Gasteiger partial charge is 0.458 e. The van der Waals surface area contributed by atoms with Gasteiger partial charge in [0.15, 0.2) is 17.1 Å². The molecular formula is C26H27N3O6. The van der Waals surface area contributed by atoms with E-state index < -0.39 is 11.6 Å². The van der Waals surface area contributed by atoms with Crippen molar-refractivity contribution < 1.29 is 24.1 Å². The van der Waals surface area contributed by atoms with Gasteiger partial charge in [-0.15, -0.1) is 0 Å². The first kappa shape index (κ1) is 22.1. The van der Waals surface area contributed by atoms with Crippen LogP contribution in [0, 0.1) is 0 Å². The van der Waals surface area contributed by atoms with E-state index in [9.17, 15) is 14.7 Å². The maximum atomic E-state index is 13.5. The molecule has 1 aromatic carbocycles. The van der Waals surface area contributed by atoms with Gasteiger partial charge in [-0.05, 0) is 50.0 Å². The van der Waals surface area contributed by atoms with Crippen LogP contribution in [0.2, 0.25) is 0 Å². The molecule has 1 unspecified atom stereocenters. The van der Waals surface area contributed by atoms with E-state index in [0.29, 0.717) is 40.6 Å². The Morgan fingerprint density at radius 3 is 2.66 bits per heavy atom. The molecule has 0 amide bonds. The molecule has 0 spiro atoms. The molecule has 9 nitrogen and oxygen atoms in total. The van der Waals surface area contributed by atoms with E-state index in [0.717, 1.165) is 48.0 Å². The van der Waals surface area contributed by atoms with Crippen LogP contribution in [0.25, 0.3) is 22.3 Å². The number of carbonyl (C=O) groups is 1. The van der Waals surface area contributed by atoms with E-state index in [1.807, 2.05) is 12.1 Å². The highest BCUT2D eigenvalue weighted by atomic mass is 16.7. The number of hydrogen-bond donors (Lipinski definition) is 2. The number of aliphatic hydroxyl groups is 1. The lowest BCUT2D eigenvalue weighted by Crippen LogP contribution is -2.44. The Morgan fingerprint density at radius 2 is 1.89 bits per heavy atom. The third kappa shape index (κ3) is 3.18. The standard InChI is InChI=1S/C26H27N3O6/c1-3-6-27-7-5-14-15-8-21-22(35-13-34-21)10-19(15)28-23-16(14)11-29-20(23)9-18-17(24(29)30)12-33-25(31)26(18,32)4-2/h8-10,27,32H,3-7,11-13H2,1-2H3. The van der Waals surface area contributed by atoms with E-state index in [-0.39, 0.29) is 25.4 Å². The minimum atomic E-state index is -1.85. The summed E-state index contributed by atoms with van der Waals surface area (Å²) in [6, 6.07) is 5.59. The van der Waals surface area contributed by atoms with Gasteiger partial charge in [-0.1, -0.05) is 13.8 Å². The number of cyclic esters (lactones) is 1. The molecule has 3 aliphatic heterocycles. The Labute approximate surface area is 201 Å². The van der Waals surface area contributed by atoms with Gasteiger partial charge in [0.05, 0.1) is 29.0 Å². The van der Waals surface area contributed by atoms with Gasteiger partial charge in [0.2, 0.25) is 6.79 Å². The quantitative estimate of drug-likeness (QED) is 0.322. The molecule has 5 heterocycles. The van der Waals surface area contributed by atoms with Gasteiger partial charge in [0.25, 0.3) is 5.56 Å². The van der Waals surface area contributed by atoms with Crippen molar-refractivity contribution in [1.29, 1.82) is 0 Å². The lowest BCUT2D eigenvalue weighted by Gasteiger charge is -2.31. The summed E-state index contributed by atoms with van der Waals surface area (Å²) in [6.45, 7) is 5.94. The number of fused-ring (bicyclic) bond motifs is 6. The normalized spacial score (nSPS) is 19.5. The van der Waals surface area contributed by atoms with Crippen molar-refractivity contribution in [2.24, 2.45) is 0 Å². The molecule has 182 valence electrons. The Bertz CT molecular complexity index is 1450. The van der Waals surface area contributed by atoms with Crippen LogP contribution in [0.5, 0.6) is 11.5 Å². The first-order chi connectivity index (χ1) is 17.0. The fourth-order valence-corrected chi connectivity index (χ4v) is 5.35. The van der Waals surface area contributed by atoms with Crippen molar-refractivity contribution in [3.63, 3.8) is 0 Å². The van der Waals surface area contributed by atoms with E-state index in [1.165, 1.54) is 0 Å². The van der Waals surface area contributed by atoms with Crippen molar-refractivity contribution in [2.45, 2.75) is 51.9 Å². The summed E-state index contributed by atoms with van der Waals surface area (Å²) in [5.74, 6) is 0.606. The topological polar surface area (TPSA) is 112 Å². The average Bonchev–Trinajstić information content (AvgIpc) is 3.47. The zero-order valence-electron chi connectivity index (χ0n) is 19.8. The second-order valence-corrected chi connectivity index (χ2v) is 9.24. The summed E-state index contributed by atoms with van der Waals surface area (Å²) in [7, 11) is 0. The third-order valence-corrected chi connectivity index (χ3v) is 7.28. The number of rotatable bonds is 6. The monoisotopic (exact) mass is 477 g/mol. The molecule has 9 heteroatoms. The lowest BCUT2D eigenvalue weighted by molar-refractivity contribution is -0.172. The van der Waals surface area contributed by atoms with Crippen LogP contribution in [-0.4, -0.2) is 40.5 Å². The van der Waals surface area contributed by atoms with Crippen molar-refractivity contribution in [3.05, 3.63) is 50.8 Å². The maximum absolute atomic E-state index is 13.5. The number of benzene rings is 1. The van der Waals surface area contributed by atoms with Crippen LogP contribution in [0.15, 0.2) is 23.0 Å². The zero-order chi connectivity index (χ0) is 24.3. The number of nitrogens with one attached hydrogen (secondary N) is 1.